The van der Waals surface area contributed by atoms with Gasteiger partial charge in [-0.05, 0) is 34.0 Å². The Labute approximate surface area is 98.3 Å². The summed E-state index contributed by atoms with van der Waals surface area (Å²) >= 11 is 3.18. The van der Waals surface area contributed by atoms with E-state index in [1.165, 1.54) is 0 Å². The molecule has 0 atom stereocenters. The monoisotopic (exact) mass is 292 g/mol. The van der Waals surface area contributed by atoms with Gasteiger partial charge < -0.3 is 0 Å². The smallest absolute Gasteiger partial charge is 0.233 e. The molecule has 4 nitrogen and oxygen atoms in total. The lowest BCUT2D eigenvalue weighted by Crippen LogP contribution is -2.20. The van der Waals surface area contributed by atoms with E-state index >= 15 is 0 Å². The Morgan fingerprint density at radius 1 is 1.53 bits per heavy atom. The van der Waals surface area contributed by atoms with Crippen molar-refractivity contribution in [2.24, 2.45) is 5.92 Å². The van der Waals surface area contributed by atoms with Gasteiger partial charge in [-0.15, -0.1) is 0 Å². The zero-order valence-corrected chi connectivity index (χ0v) is 11.0. The molecule has 6 heteroatoms. The van der Waals surface area contributed by atoms with Crippen molar-refractivity contribution < 1.29 is 8.42 Å². The minimum atomic E-state index is -3.28. The van der Waals surface area contributed by atoms with Crippen molar-refractivity contribution in [3.8, 4) is 0 Å². The maximum absolute atomic E-state index is 11.6. The molecule has 1 aromatic rings. The third-order valence-corrected chi connectivity index (χ3v) is 3.85. The van der Waals surface area contributed by atoms with Gasteiger partial charge in [0.25, 0.3) is 0 Å². The van der Waals surface area contributed by atoms with Crippen molar-refractivity contribution >= 4 is 31.6 Å². The number of halogens is 1. The highest BCUT2D eigenvalue weighted by atomic mass is 79.9. The molecular formula is C9H13BrN2O2S. The van der Waals surface area contributed by atoms with E-state index in [2.05, 4.69) is 25.6 Å². The van der Waals surface area contributed by atoms with Gasteiger partial charge in [0.2, 0.25) is 10.0 Å². The van der Waals surface area contributed by atoms with Gasteiger partial charge in [-0.1, -0.05) is 13.8 Å². The molecule has 84 valence electrons. The second kappa shape index (κ2) is 4.94. The van der Waals surface area contributed by atoms with Gasteiger partial charge in [-0.2, -0.15) is 0 Å². The molecule has 0 fully saturated rings. The Hall–Kier alpha value is -0.620. The number of rotatable bonds is 4. The van der Waals surface area contributed by atoms with Gasteiger partial charge in [-0.25, -0.2) is 13.4 Å². The van der Waals surface area contributed by atoms with Crippen LogP contribution in [0.1, 0.15) is 13.8 Å². The van der Waals surface area contributed by atoms with Crippen LogP contribution in [0.15, 0.2) is 22.9 Å². The predicted octanol–water partition coefficient (Wildman–Crippen LogP) is 2.24. The number of sulfonamides is 1. The minimum Gasteiger partial charge on any atom is -0.281 e. The van der Waals surface area contributed by atoms with Crippen LogP contribution in [-0.4, -0.2) is 19.2 Å². The van der Waals surface area contributed by atoms with Crippen LogP contribution in [0.25, 0.3) is 0 Å². The van der Waals surface area contributed by atoms with Crippen LogP contribution in [0.5, 0.6) is 0 Å². The summed E-state index contributed by atoms with van der Waals surface area (Å²) in [5.41, 5.74) is 0.471. The molecular weight excluding hydrogens is 280 g/mol. The molecule has 0 aliphatic heterocycles. The van der Waals surface area contributed by atoms with Crippen molar-refractivity contribution in [2.75, 3.05) is 10.5 Å². The topological polar surface area (TPSA) is 59.1 Å². The summed E-state index contributed by atoms with van der Waals surface area (Å²) in [5, 5.41) is 0. The molecule has 0 aliphatic carbocycles. The van der Waals surface area contributed by atoms with Crippen molar-refractivity contribution in [1.82, 2.24) is 4.98 Å². The lowest BCUT2D eigenvalue weighted by Gasteiger charge is -2.10. The first-order valence-electron chi connectivity index (χ1n) is 4.52. The Morgan fingerprint density at radius 3 is 2.73 bits per heavy atom. The number of aromatic nitrogens is 1. The number of nitrogens with one attached hydrogen (secondary N) is 1. The van der Waals surface area contributed by atoms with E-state index in [-0.39, 0.29) is 11.7 Å². The summed E-state index contributed by atoms with van der Waals surface area (Å²) in [5.74, 6) is 0.201. The molecule has 0 amide bonds. The number of pyridine rings is 1. The SMILES string of the molecule is CC(C)CS(=O)(=O)Nc1cccnc1Br. The van der Waals surface area contributed by atoms with E-state index in [1.807, 2.05) is 13.8 Å². The van der Waals surface area contributed by atoms with Crippen LogP contribution in [0.4, 0.5) is 5.69 Å². The number of anilines is 1. The van der Waals surface area contributed by atoms with E-state index in [9.17, 15) is 8.42 Å². The maximum atomic E-state index is 11.6. The van der Waals surface area contributed by atoms with Crippen LogP contribution in [0.2, 0.25) is 0 Å². The highest BCUT2D eigenvalue weighted by molar-refractivity contribution is 9.10. The first kappa shape index (κ1) is 12.4. The summed E-state index contributed by atoms with van der Waals surface area (Å²) in [7, 11) is -3.28. The van der Waals surface area contributed by atoms with E-state index in [0.29, 0.717) is 10.3 Å². The lowest BCUT2D eigenvalue weighted by molar-refractivity contribution is 0.587. The highest BCUT2D eigenvalue weighted by Crippen LogP contribution is 2.20. The van der Waals surface area contributed by atoms with E-state index < -0.39 is 10.0 Å². The molecule has 0 bridgehead atoms. The first-order valence-corrected chi connectivity index (χ1v) is 6.96. The third-order valence-electron chi connectivity index (χ3n) is 1.58. The number of nitrogens with zero attached hydrogens (tertiary/aromatic N) is 1. The van der Waals surface area contributed by atoms with E-state index in [4.69, 9.17) is 0 Å². The molecule has 0 aliphatic rings. The standard InChI is InChI=1S/C9H13BrN2O2S/c1-7(2)6-15(13,14)12-8-4-3-5-11-9(8)10/h3-5,7,12H,6H2,1-2H3. The molecule has 0 saturated carbocycles. The van der Waals surface area contributed by atoms with Gasteiger partial charge >= 0.3 is 0 Å². The van der Waals surface area contributed by atoms with Gasteiger partial charge in [0.05, 0.1) is 11.4 Å². The number of hydrogen-bond donors (Lipinski definition) is 1. The molecule has 15 heavy (non-hydrogen) atoms. The van der Waals surface area contributed by atoms with Crippen LogP contribution >= 0.6 is 15.9 Å². The van der Waals surface area contributed by atoms with E-state index in [0.717, 1.165) is 0 Å². The van der Waals surface area contributed by atoms with Gasteiger partial charge in [-0.3, -0.25) is 4.72 Å². The average molecular weight is 293 g/mol. The van der Waals surface area contributed by atoms with Crippen LogP contribution < -0.4 is 4.72 Å². The average Bonchev–Trinajstić information content (AvgIpc) is 2.06. The normalized spacial score (nSPS) is 11.7. The Kier molecular flexibility index (Phi) is 4.10. The van der Waals surface area contributed by atoms with Crippen molar-refractivity contribution in [3.05, 3.63) is 22.9 Å². The van der Waals surface area contributed by atoms with E-state index in [1.54, 1.807) is 18.3 Å². The summed E-state index contributed by atoms with van der Waals surface area (Å²) in [6.07, 6.45) is 1.59. The summed E-state index contributed by atoms with van der Waals surface area (Å²) < 4.78 is 26.2. The fraction of sp³-hybridized carbons (Fsp3) is 0.444. The molecule has 0 radical (unpaired) electrons. The second-order valence-corrected chi connectivity index (χ2v) is 6.14. The molecule has 1 aromatic heterocycles. The maximum Gasteiger partial charge on any atom is 0.233 e. The van der Waals surface area contributed by atoms with Crippen molar-refractivity contribution in [2.45, 2.75) is 13.8 Å². The predicted molar refractivity (Wildman–Crippen MR) is 64.2 cm³/mol. The molecule has 1 rings (SSSR count). The summed E-state index contributed by atoms with van der Waals surface area (Å²) in [6.45, 7) is 3.72. The largest absolute Gasteiger partial charge is 0.281 e. The summed E-state index contributed by atoms with van der Waals surface area (Å²) in [4.78, 5) is 3.93. The fourth-order valence-electron chi connectivity index (χ4n) is 1.11. The fourth-order valence-corrected chi connectivity index (χ4v) is 3.05. The molecule has 0 unspecified atom stereocenters. The molecule has 0 saturated heterocycles. The molecule has 0 aromatic carbocycles. The third kappa shape index (κ3) is 4.17. The summed E-state index contributed by atoms with van der Waals surface area (Å²) in [6, 6.07) is 3.34. The van der Waals surface area contributed by atoms with Crippen LogP contribution in [0, 0.1) is 5.92 Å². The van der Waals surface area contributed by atoms with Gasteiger partial charge in [0, 0.05) is 6.20 Å². The molecule has 1 N–H and O–H groups in total. The molecule has 1 heterocycles. The lowest BCUT2D eigenvalue weighted by atomic mass is 10.3. The Bertz CT molecular complexity index is 431. The number of hydrogen-bond acceptors (Lipinski definition) is 3. The highest BCUT2D eigenvalue weighted by Gasteiger charge is 2.14. The van der Waals surface area contributed by atoms with Crippen molar-refractivity contribution in [3.63, 3.8) is 0 Å². The first-order chi connectivity index (χ1) is 6.91. The minimum absolute atomic E-state index is 0.0953. The van der Waals surface area contributed by atoms with Crippen molar-refractivity contribution in [1.29, 1.82) is 0 Å². The van der Waals surface area contributed by atoms with Gasteiger partial charge in [0.1, 0.15) is 4.60 Å². The zero-order valence-electron chi connectivity index (χ0n) is 8.57. The Morgan fingerprint density at radius 2 is 2.20 bits per heavy atom. The Balaban J connectivity index is 2.83. The van der Waals surface area contributed by atoms with Gasteiger partial charge in [0.15, 0.2) is 0 Å². The van der Waals surface area contributed by atoms with Crippen LogP contribution in [0.3, 0.4) is 0 Å². The second-order valence-electron chi connectivity index (χ2n) is 3.62. The quantitative estimate of drug-likeness (QED) is 0.866. The zero-order chi connectivity index (χ0) is 11.5. The van der Waals surface area contributed by atoms with Crippen LogP contribution in [-0.2, 0) is 10.0 Å². The molecule has 0 spiro atoms.